The maximum absolute atomic E-state index is 12.0. The molecule has 2 rings (SSSR count). The summed E-state index contributed by atoms with van der Waals surface area (Å²) in [5.74, 6) is 1.04. The number of hydrogen-bond donors (Lipinski definition) is 2. The van der Waals surface area contributed by atoms with Crippen LogP contribution >= 0.6 is 0 Å². The van der Waals surface area contributed by atoms with Crippen molar-refractivity contribution >= 4 is 11.9 Å². The van der Waals surface area contributed by atoms with E-state index < -0.39 is 0 Å². The fourth-order valence-electron chi connectivity index (χ4n) is 3.97. The molecule has 0 aliphatic carbocycles. The third-order valence-corrected chi connectivity index (χ3v) is 5.47. The molecule has 7 nitrogen and oxygen atoms in total. The van der Waals surface area contributed by atoms with Crippen molar-refractivity contribution in [3.05, 3.63) is 34.4 Å². The van der Waals surface area contributed by atoms with Gasteiger partial charge in [-0.15, -0.1) is 0 Å². The van der Waals surface area contributed by atoms with Crippen LogP contribution in [-0.4, -0.2) is 87.7 Å². The number of nitrogens with one attached hydrogen (secondary N) is 2. The van der Waals surface area contributed by atoms with Crippen LogP contribution in [0, 0.1) is 20.8 Å². The zero-order valence-electron chi connectivity index (χ0n) is 19.4. The summed E-state index contributed by atoms with van der Waals surface area (Å²) in [5.41, 5.74) is 5.43. The number of rotatable bonds is 9. The molecule has 1 aliphatic heterocycles. The smallest absolute Gasteiger partial charge is 0.234 e. The highest BCUT2D eigenvalue weighted by Crippen LogP contribution is 2.17. The van der Waals surface area contributed by atoms with E-state index in [1.165, 1.54) is 22.3 Å². The molecule has 168 valence electrons. The standard InChI is InChI=1S/C23H39N5O2/c1-6-24-23(26-8-7-21-19(3)15-18(2)16-20(21)4)28-12-10-27(11-13-28)17-22(29)25-9-14-30-5/h15-16H,6-14,17H2,1-5H3,(H,24,26)(H,25,29). The predicted molar refractivity (Wildman–Crippen MR) is 123 cm³/mol. The molecule has 1 aromatic rings. The molecule has 2 N–H and O–H groups in total. The first-order valence-electron chi connectivity index (χ1n) is 11.0. The molecule has 0 spiro atoms. The van der Waals surface area contributed by atoms with E-state index in [9.17, 15) is 4.79 Å². The molecule has 0 bridgehead atoms. The Kier molecular flexibility index (Phi) is 10.1. The number of methoxy groups -OCH3 is 1. The maximum Gasteiger partial charge on any atom is 0.234 e. The van der Waals surface area contributed by atoms with Crippen molar-refractivity contribution in [2.45, 2.75) is 34.1 Å². The molecule has 0 atom stereocenters. The van der Waals surface area contributed by atoms with Gasteiger partial charge in [-0.25, -0.2) is 0 Å². The number of benzene rings is 1. The molecule has 0 saturated carbocycles. The monoisotopic (exact) mass is 417 g/mol. The SMILES string of the molecule is CCNC(=NCCc1c(C)cc(C)cc1C)N1CCN(CC(=O)NCCOC)CC1. The lowest BCUT2D eigenvalue weighted by atomic mass is 9.97. The molecule has 1 aliphatic rings. The summed E-state index contributed by atoms with van der Waals surface area (Å²) in [6.07, 6.45) is 0.953. The Morgan fingerprint density at radius 1 is 1.10 bits per heavy atom. The molecular weight excluding hydrogens is 378 g/mol. The Morgan fingerprint density at radius 3 is 2.37 bits per heavy atom. The number of amides is 1. The number of carbonyl (C=O) groups excluding carboxylic acids is 1. The second kappa shape index (κ2) is 12.5. The van der Waals surface area contributed by atoms with Crippen molar-refractivity contribution in [3.63, 3.8) is 0 Å². The van der Waals surface area contributed by atoms with Gasteiger partial charge in [0, 0.05) is 52.9 Å². The number of nitrogens with zero attached hydrogens (tertiary/aromatic N) is 3. The lowest BCUT2D eigenvalue weighted by Gasteiger charge is -2.36. The van der Waals surface area contributed by atoms with Crippen LogP contribution in [0.1, 0.15) is 29.2 Å². The fraction of sp³-hybridized carbons (Fsp3) is 0.652. The van der Waals surface area contributed by atoms with Crippen molar-refractivity contribution in [3.8, 4) is 0 Å². The first kappa shape index (κ1) is 24.2. The normalized spacial score (nSPS) is 15.4. The zero-order chi connectivity index (χ0) is 21.9. The number of ether oxygens (including phenoxy) is 1. The molecule has 1 amide bonds. The first-order valence-corrected chi connectivity index (χ1v) is 11.0. The van der Waals surface area contributed by atoms with Gasteiger partial charge in [0.15, 0.2) is 5.96 Å². The van der Waals surface area contributed by atoms with Gasteiger partial charge in [0.1, 0.15) is 0 Å². The van der Waals surface area contributed by atoms with Gasteiger partial charge < -0.3 is 20.3 Å². The van der Waals surface area contributed by atoms with Crippen molar-refractivity contribution in [1.82, 2.24) is 20.4 Å². The molecular formula is C23H39N5O2. The molecule has 1 saturated heterocycles. The second-order valence-corrected chi connectivity index (χ2v) is 7.97. The highest BCUT2D eigenvalue weighted by atomic mass is 16.5. The molecule has 30 heavy (non-hydrogen) atoms. The Morgan fingerprint density at radius 2 is 1.77 bits per heavy atom. The number of guanidine groups is 1. The van der Waals surface area contributed by atoms with E-state index in [0.717, 1.165) is 51.6 Å². The predicted octanol–water partition coefficient (Wildman–Crippen LogP) is 1.50. The van der Waals surface area contributed by atoms with Crippen LogP contribution in [0.3, 0.4) is 0 Å². The van der Waals surface area contributed by atoms with Crippen LogP contribution in [0.4, 0.5) is 0 Å². The highest BCUT2D eigenvalue weighted by Gasteiger charge is 2.21. The van der Waals surface area contributed by atoms with E-state index in [-0.39, 0.29) is 5.91 Å². The summed E-state index contributed by atoms with van der Waals surface area (Å²) in [6, 6.07) is 4.50. The number of aliphatic imine (C=N–C) groups is 1. The van der Waals surface area contributed by atoms with Crippen LogP contribution < -0.4 is 10.6 Å². The first-order chi connectivity index (χ1) is 14.4. The van der Waals surface area contributed by atoms with Crippen LogP contribution in [0.2, 0.25) is 0 Å². The Balaban J connectivity index is 1.86. The van der Waals surface area contributed by atoms with E-state index in [0.29, 0.717) is 19.7 Å². The maximum atomic E-state index is 12.0. The van der Waals surface area contributed by atoms with Gasteiger partial charge >= 0.3 is 0 Å². The van der Waals surface area contributed by atoms with Gasteiger partial charge in [0.2, 0.25) is 5.91 Å². The topological polar surface area (TPSA) is 69.2 Å². The van der Waals surface area contributed by atoms with Crippen LogP contribution in [-0.2, 0) is 16.0 Å². The Hall–Kier alpha value is -2.12. The van der Waals surface area contributed by atoms with Gasteiger partial charge in [0.05, 0.1) is 13.2 Å². The summed E-state index contributed by atoms with van der Waals surface area (Å²) in [4.78, 5) is 21.4. The molecule has 1 aromatic carbocycles. The minimum atomic E-state index is 0.0601. The third kappa shape index (κ3) is 7.61. The largest absolute Gasteiger partial charge is 0.383 e. The summed E-state index contributed by atoms with van der Waals surface area (Å²) in [6.45, 7) is 15.3. The van der Waals surface area contributed by atoms with Gasteiger partial charge in [-0.3, -0.25) is 14.7 Å². The summed E-state index contributed by atoms with van der Waals surface area (Å²) < 4.78 is 4.97. The molecule has 0 aromatic heterocycles. The Bertz CT molecular complexity index is 689. The van der Waals surface area contributed by atoms with Gasteiger partial charge in [-0.05, 0) is 50.8 Å². The van der Waals surface area contributed by atoms with E-state index in [2.05, 4.69) is 60.3 Å². The van der Waals surface area contributed by atoms with Crippen LogP contribution in [0.25, 0.3) is 0 Å². The lowest BCUT2D eigenvalue weighted by Crippen LogP contribution is -2.54. The number of hydrogen-bond acceptors (Lipinski definition) is 4. The van der Waals surface area contributed by atoms with Crippen LogP contribution in [0.15, 0.2) is 17.1 Å². The van der Waals surface area contributed by atoms with Crippen molar-refractivity contribution in [2.75, 3.05) is 66.1 Å². The summed E-state index contributed by atoms with van der Waals surface area (Å²) in [7, 11) is 1.64. The van der Waals surface area contributed by atoms with Crippen LogP contribution in [0.5, 0.6) is 0 Å². The van der Waals surface area contributed by atoms with Crippen molar-refractivity contribution < 1.29 is 9.53 Å². The summed E-state index contributed by atoms with van der Waals surface area (Å²) >= 11 is 0. The Labute approximate surface area is 181 Å². The number of aryl methyl sites for hydroxylation is 3. The van der Waals surface area contributed by atoms with E-state index >= 15 is 0 Å². The molecule has 1 fully saturated rings. The molecule has 0 unspecified atom stereocenters. The fourth-order valence-corrected chi connectivity index (χ4v) is 3.97. The molecule has 7 heteroatoms. The van der Waals surface area contributed by atoms with E-state index in [1.54, 1.807) is 7.11 Å². The number of piperazine rings is 1. The van der Waals surface area contributed by atoms with Gasteiger partial charge in [-0.2, -0.15) is 0 Å². The van der Waals surface area contributed by atoms with E-state index in [1.807, 2.05) is 0 Å². The third-order valence-electron chi connectivity index (χ3n) is 5.47. The average molecular weight is 418 g/mol. The van der Waals surface area contributed by atoms with E-state index in [4.69, 9.17) is 9.73 Å². The quantitative estimate of drug-likeness (QED) is 0.362. The minimum Gasteiger partial charge on any atom is -0.383 e. The highest BCUT2D eigenvalue weighted by molar-refractivity contribution is 5.80. The molecule has 1 heterocycles. The average Bonchev–Trinajstić information content (AvgIpc) is 2.70. The second-order valence-electron chi connectivity index (χ2n) is 7.97. The minimum absolute atomic E-state index is 0.0601. The van der Waals surface area contributed by atoms with Gasteiger partial charge in [-0.1, -0.05) is 17.7 Å². The van der Waals surface area contributed by atoms with Crippen molar-refractivity contribution in [2.24, 2.45) is 4.99 Å². The number of carbonyl (C=O) groups is 1. The summed E-state index contributed by atoms with van der Waals surface area (Å²) in [5, 5.41) is 6.32. The lowest BCUT2D eigenvalue weighted by molar-refractivity contribution is -0.122. The zero-order valence-corrected chi connectivity index (χ0v) is 19.4. The van der Waals surface area contributed by atoms with Crippen molar-refractivity contribution in [1.29, 1.82) is 0 Å². The van der Waals surface area contributed by atoms with Gasteiger partial charge in [0.25, 0.3) is 0 Å². The molecule has 0 radical (unpaired) electrons.